The highest BCUT2D eigenvalue weighted by Gasteiger charge is 2.23. The molecule has 0 amide bonds. The molecule has 4 aliphatic rings. The summed E-state index contributed by atoms with van der Waals surface area (Å²) in [5.41, 5.74) is 8.66. The maximum atomic E-state index is 2.59. The zero-order valence-electron chi connectivity index (χ0n) is 12.6. The molecule has 0 aliphatic heterocycles. The van der Waals surface area contributed by atoms with Crippen LogP contribution in [0.25, 0.3) is 0 Å². The standard InChI is InChI=1S/C20H26/c1-2-7-19-14-15(13-18(19)6-1)9-10-17-12-11-16-5-3-4-8-20(16)17/h11,13-15H,1-10,12H2. The minimum Gasteiger partial charge on any atom is -0.0770 e. The van der Waals surface area contributed by atoms with E-state index in [1.807, 2.05) is 0 Å². The highest BCUT2D eigenvalue weighted by atomic mass is 14.3. The van der Waals surface area contributed by atoms with Gasteiger partial charge in [-0.15, -0.1) is 0 Å². The molecule has 0 aromatic carbocycles. The Labute approximate surface area is 123 Å². The molecule has 20 heavy (non-hydrogen) atoms. The monoisotopic (exact) mass is 266 g/mol. The lowest BCUT2D eigenvalue weighted by atomic mass is 9.88. The van der Waals surface area contributed by atoms with Crippen molar-refractivity contribution in [2.75, 3.05) is 0 Å². The van der Waals surface area contributed by atoms with E-state index >= 15 is 0 Å². The highest BCUT2D eigenvalue weighted by molar-refractivity contribution is 5.44. The minimum atomic E-state index is 0.749. The van der Waals surface area contributed by atoms with Crippen molar-refractivity contribution in [2.45, 2.75) is 70.6 Å². The Bertz CT molecular complexity index is 502. The van der Waals surface area contributed by atoms with Gasteiger partial charge in [-0.2, -0.15) is 0 Å². The zero-order valence-corrected chi connectivity index (χ0v) is 12.6. The van der Waals surface area contributed by atoms with Crippen LogP contribution in [-0.2, 0) is 0 Å². The molecule has 0 N–H and O–H groups in total. The van der Waals surface area contributed by atoms with Crippen molar-refractivity contribution in [3.8, 4) is 0 Å². The van der Waals surface area contributed by atoms with Crippen LogP contribution in [0.4, 0.5) is 0 Å². The summed E-state index contributed by atoms with van der Waals surface area (Å²) < 4.78 is 0. The Morgan fingerprint density at radius 3 is 2.20 bits per heavy atom. The normalized spacial score (nSPS) is 26.1. The average molecular weight is 266 g/mol. The number of fused-ring (bicyclic) bond motifs is 2. The molecule has 0 heterocycles. The van der Waals surface area contributed by atoms with Gasteiger partial charge in [0.15, 0.2) is 0 Å². The number of hydrogen-bond donors (Lipinski definition) is 0. The summed E-state index contributed by atoms with van der Waals surface area (Å²) in [6, 6.07) is 0. The lowest BCUT2D eigenvalue weighted by Crippen LogP contribution is -1.99. The van der Waals surface area contributed by atoms with Gasteiger partial charge in [-0.25, -0.2) is 0 Å². The van der Waals surface area contributed by atoms with Crippen LogP contribution in [0.5, 0.6) is 0 Å². The van der Waals surface area contributed by atoms with Crippen molar-refractivity contribution in [3.05, 3.63) is 46.1 Å². The first-order valence-corrected chi connectivity index (χ1v) is 8.72. The molecule has 106 valence electrons. The van der Waals surface area contributed by atoms with E-state index in [0.717, 1.165) is 5.92 Å². The van der Waals surface area contributed by atoms with Crippen LogP contribution >= 0.6 is 0 Å². The van der Waals surface area contributed by atoms with E-state index in [1.165, 1.54) is 70.6 Å². The second-order valence-corrected chi connectivity index (χ2v) is 7.02. The fraction of sp³-hybridized carbons (Fsp3) is 0.600. The third-order valence-electron chi connectivity index (χ3n) is 5.70. The number of hydrogen-bond acceptors (Lipinski definition) is 0. The largest absolute Gasteiger partial charge is 0.0770 e. The molecule has 0 unspecified atom stereocenters. The molecule has 0 atom stereocenters. The van der Waals surface area contributed by atoms with Gasteiger partial charge < -0.3 is 0 Å². The molecular formula is C20H26. The first-order valence-electron chi connectivity index (χ1n) is 8.72. The van der Waals surface area contributed by atoms with Crippen molar-refractivity contribution >= 4 is 0 Å². The van der Waals surface area contributed by atoms with Crippen molar-refractivity contribution in [3.63, 3.8) is 0 Å². The Morgan fingerprint density at radius 1 is 0.800 bits per heavy atom. The summed E-state index contributed by atoms with van der Waals surface area (Å²) in [6.07, 6.45) is 22.8. The zero-order chi connectivity index (χ0) is 13.4. The van der Waals surface area contributed by atoms with E-state index in [1.54, 1.807) is 27.9 Å². The van der Waals surface area contributed by atoms with Crippen molar-refractivity contribution in [2.24, 2.45) is 5.92 Å². The molecule has 0 nitrogen and oxygen atoms in total. The third kappa shape index (κ3) is 2.34. The predicted molar refractivity (Wildman–Crippen MR) is 85.6 cm³/mol. The molecule has 0 radical (unpaired) electrons. The average Bonchev–Trinajstić information content (AvgIpc) is 3.08. The van der Waals surface area contributed by atoms with E-state index in [0.29, 0.717) is 0 Å². The van der Waals surface area contributed by atoms with E-state index in [-0.39, 0.29) is 0 Å². The Balaban J connectivity index is 1.40. The molecule has 0 aromatic rings. The Hall–Kier alpha value is -1.04. The Morgan fingerprint density at radius 2 is 1.45 bits per heavy atom. The summed E-state index contributed by atoms with van der Waals surface area (Å²) >= 11 is 0. The van der Waals surface area contributed by atoms with Crippen LogP contribution in [0.3, 0.4) is 0 Å². The van der Waals surface area contributed by atoms with Gasteiger partial charge >= 0.3 is 0 Å². The van der Waals surface area contributed by atoms with E-state index in [2.05, 4.69) is 18.2 Å². The maximum Gasteiger partial charge on any atom is -0.00386 e. The number of allylic oxidation sites excluding steroid dienone is 8. The SMILES string of the molecule is C1=C2CCCCC2=CC1CCC1=C2CCCCC2=CC1. The topological polar surface area (TPSA) is 0 Å². The highest BCUT2D eigenvalue weighted by Crippen LogP contribution is 2.41. The molecule has 2 fully saturated rings. The van der Waals surface area contributed by atoms with Crippen LogP contribution in [0.2, 0.25) is 0 Å². The van der Waals surface area contributed by atoms with Gasteiger partial charge in [0, 0.05) is 0 Å². The molecule has 4 rings (SSSR count). The van der Waals surface area contributed by atoms with Crippen LogP contribution in [0.1, 0.15) is 70.6 Å². The lowest BCUT2D eigenvalue weighted by Gasteiger charge is -2.17. The molecule has 2 saturated carbocycles. The van der Waals surface area contributed by atoms with Gasteiger partial charge in [-0.05, 0) is 98.8 Å². The third-order valence-corrected chi connectivity index (χ3v) is 5.70. The van der Waals surface area contributed by atoms with E-state index < -0.39 is 0 Å². The van der Waals surface area contributed by atoms with Gasteiger partial charge in [0.05, 0.1) is 0 Å². The molecule has 0 bridgehead atoms. The van der Waals surface area contributed by atoms with Gasteiger partial charge in [0.25, 0.3) is 0 Å². The maximum absolute atomic E-state index is 2.59. The molecule has 0 spiro atoms. The van der Waals surface area contributed by atoms with Gasteiger partial charge in [0.1, 0.15) is 0 Å². The summed E-state index contributed by atoms with van der Waals surface area (Å²) in [5.74, 6) is 0.749. The molecular weight excluding hydrogens is 240 g/mol. The van der Waals surface area contributed by atoms with Crippen molar-refractivity contribution in [1.82, 2.24) is 0 Å². The van der Waals surface area contributed by atoms with Gasteiger partial charge in [-0.3, -0.25) is 0 Å². The molecule has 4 aliphatic carbocycles. The quantitative estimate of drug-likeness (QED) is 0.585. The Kier molecular flexibility index (Phi) is 3.42. The first-order chi connectivity index (χ1) is 9.90. The van der Waals surface area contributed by atoms with Crippen molar-refractivity contribution in [1.29, 1.82) is 0 Å². The lowest BCUT2D eigenvalue weighted by molar-refractivity contribution is 0.662. The van der Waals surface area contributed by atoms with Crippen molar-refractivity contribution < 1.29 is 0 Å². The van der Waals surface area contributed by atoms with E-state index in [9.17, 15) is 0 Å². The second kappa shape index (κ2) is 5.39. The fourth-order valence-electron chi connectivity index (χ4n) is 4.59. The summed E-state index contributed by atoms with van der Waals surface area (Å²) in [5, 5.41) is 0. The summed E-state index contributed by atoms with van der Waals surface area (Å²) in [7, 11) is 0. The smallest absolute Gasteiger partial charge is 0.00386 e. The molecule has 0 saturated heterocycles. The van der Waals surface area contributed by atoms with Gasteiger partial charge in [0.2, 0.25) is 0 Å². The van der Waals surface area contributed by atoms with Crippen LogP contribution in [-0.4, -0.2) is 0 Å². The molecule has 0 aromatic heterocycles. The fourth-order valence-corrected chi connectivity index (χ4v) is 4.59. The number of rotatable bonds is 3. The van der Waals surface area contributed by atoms with Gasteiger partial charge in [-0.1, -0.05) is 23.8 Å². The van der Waals surface area contributed by atoms with Crippen LogP contribution < -0.4 is 0 Å². The predicted octanol–water partition coefficient (Wildman–Crippen LogP) is 6.02. The summed E-state index contributed by atoms with van der Waals surface area (Å²) in [4.78, 5) is 0. The molecule has 0 heteroatoms. The summed E-state index contributed by atoms with van der Waals surface area (Å²) in [6.45, 7) is 0. The minimum absolute atomic E-state index is 0.749. The van der Waals surface area contributed by atoms with E-state index in [4.69, 9.17) is 0 Å². The second-order valence-electron chi connectivity index (χ2n) is 7.02. The van der Waals surface area contributed by atoms with Crippen LogP contribution in [0.15, 0.2) is 46.1 Å². The van der Waals surface area contributed by atoms with Crippen LogP contribution in [0, 0.1) is 5.92 Å². The first kappa shape index (κ1) is 12.7.